The Kier molecular flexibility index (Phi) is 4.49. The summed E-state index contributed by atoms with van der Waals surface area (Å²) in [6.07, 6.45) is 1.97. The van der Waals surface area contributed by atoms with Crippen molar-refractivity contribution in [1.29, 1.82) is 0 Å². The quantitative estimate of drug-likeness (QED) is 0.899. The number of rotatable bonds is 3. The molecule has 0 spiro atoms. The standard InChI is InChI=1S/C20H21N3OS/c1-14-10-12-23(22-14)16-8-6-15(7-9-16)20(24)21-18-11-13-25-19-5-3-2-4-17(18)19/h2-9,18H,10-13H2,1H3,(H,21,24). The number of amides is 1. The van der Waals surface area contributed by atoms with E-state index in [0.29, 0.717) is 5.56 Å². The van der Waals surface area contributed by atoms with Crippen molar-refractivity contribution in [3.05, 3.63) is 59.7 Å². The number of fused-ring (bicyclic) bond motifs is 1. The maximum Gasteiger partial charge on any atom is 0.251 e. The van der Waals surface area contributed by atoms with Crippen LogP contribution in [0, 0.1) is 0 Å². The summed E-state index contributed by atoms with van der Waals surface area (Å²) in [4.78, 5) is 13.9. The largest absolute Gasteiger partial charge is 0.345 e. The molecule has 128 valence electrons. The van der Waals surface area contributed by atoms with Gasteiger partial charge in [-0.2, -0.15) is 5.10 Å². The Morgan fingerprint density at radius 2 is 2.00 bits per heavy atom. The fourth-order valence-electron chi connectivity index (χ4n) is 3.28. The number of hydrogen-bond donors (Lipinski definition) is 1. The van der Waals surface area contributed by atoms with Gasteiger partial charge < -0.3 is 5.32 Å². The first-order valence-corrected chi connectivity index (χ1v) is 9.63. The molecule has 5 heteroatoms. The minimum absolute atomic E-state index is 0.0145. The lowest BCUT2D eigenvalue weighted by molar-refractivity contribution is 0.0935. The van der Waals surface area contributed by atoms with Crippen LogP contribution >= 0.6 is 11.8 Å². The van der Waals surface area contributed by atoms with E-state index in [2.05, 4.69) is 28.6 Å². The molecule has 1 amide bonds. The Balaban J connectivity index is 1.47. The molecule has 1 N–H and O–H groups in total. The number of carbonyl (C=O) groups is 1. The number of nitrogens with zero attached hydrogens (tertiary/aromatic N) is 2. The van der Waals surface area contributed by atoms with Crippen LogP contribution in [-0.2, 0) is 0 Å². The zero-order valence-electron chi connectivity index (χ0n) is 14.2. The maximum absolute atomic E-state index is 12.6. The van der Waals surface area contributed by atoms with E-state index in [1.54, 1.807) is 0 Å². The Hall–Kier alpha value is -2.27. The van der Waals surface area contributed by atoms with Crippen molar-refractivity contribution in [3.63, 3.8) is 0 Å². The van der Waals surface area contributed by atoms with Crippen LogP contribution in [0.4, 0.5) is 5.69 Å². The minimum atomic E-state index is -0.0145. The molecule has 0 fully saturated rings. The average Bonchev–Trinajstić information content (AvgIpc) is 3.08. The first-order chi connectivity index (χ1) is 12.2. The molecule has 2 heterocycles. The summed E-state index contributed by atoms with van der Waals surface area (Å²) in [5.74, 6) is 1.02. The van der Waals surface area contributed by atoms with Crippen LogP contribution in [0.5, 0.6) is 0 Å². The minimum Gasteiger partial charge on any atom is -0.345 e. The van der Waals surface area contributed by atoms with Crippen LogP contribution in [0.3, 0.4) is 0 Å². The number of carbonyl (C=O) groups excluding carboxylic acids is 1. The Labute approximate surface area is 152 Å². The van der Waals surface area contributed by atoms with Gasteiger partial charge in [0.2, 0.25) is 0 Å². The van der Waals surface area contributed by atoms with E-state index in [0.717, 1.165) is 36.5 Å². The van der Waals surface area contributed by atoms with E-state index in [4.69, 9.17) is 0 Å². The van der Waals surface area contributed by atoms with Crippen molar-refractivity contribution in [2.45, 2.75) is 30.7 Å². The molecule has 2 aromatic carbocycles. The van der Waals surface area contributed by atoms with Gasteiger partial charge in [0.15, 0.2) is 0 Å². The second-order valence-electron chi connectivity index (χ2n) is 6.46. The zero-order valence-corrected chi connectivity index (χ0v) is 15.1. The van der Waals surface area contributed by atoms with Gasteiger partial charge in [-0.1, -0.05) is 18.2 Å². The third-order valence-corrected chi connectivity index (χ3v) is 5.79. The van der Waals surface area contributed by atoms with Crippen LogP contribution in [0.25, 0.3) is 0 Å². The number of hydrazone groups is 1. The molecule has 4 rings (SSSR count). The topological polar surface area (TPSA) is 44.7 Å². The highest BCUT2D eigenvalue weighted by Crippen LogP contribution is 2.36. The van der Waals surface area contributed by atoms with Crippen molar-refractivity contribution < 1.29 is 4.79 Å². The molecule has 0 aliphatic carbocycles. The van der Waals surface area contributed by atoms with Gasteiger partial charge in [0.05, 0.1) is 11.7 Å². The summed E-state index contributed by atoms with van der Waals surface area (Å²) >= 11 is 1.86. The lowest BCUT2D eigenvalue weighted by Crippen LogP contribution is -2.30. The second kappa shape index (κ2) is 6.92. The fraction of sp³-hybridized carbons (Fsp3) is 0.300. The maximum atomic E-state index is 12.6. The SMILES string of the molecule is CC1=NN(c2ccc(C(=O)NC3CCSc4ccccc43)cc2)CC1. The van der Waals surface area contributed by atoms with Crippen LogP contribution in [0.2, 0.25) is 0 Å². The van der Waals surface area contributed by atoms with Gasteiger partial charge in [-0.05, 0) is 49.2 Å². The van der Waals surface area contributed by atoms with Crippen LogP contribution in [0.15, 0.2) is 58.5 Å². The lowest BCUT2D eigenvalue weighted by Gasteiger charge is -2.26. The van der Waals surface area contributed by atoms with Crippen molar-refractivity contribution in [2.24, 2.45) is 5.10 Å². The molecular weight excluding hydrogens is 330 g/mol. The monoisotopic (exact) mass is 351 g/mol. The average molecular weight is 351 g/mol. The first-order valence-electron chi connectivity index (χ1n) is 8.65. The molecule has 0 bridgehead atoms. The summed E-state index contributed by atoms with van der Waals surface area (Å²) in [6.45, 7) is 2.95. The molecule has 0 radical (unpaired) electrons. The predicted molar refractivity (Wildman–Crippen MR) is 104 cm³/mol. The van der Waals surface area contributed by atoms with Gasteiger partial charge in [-0.25, -0.2) is 0 Å². The molecule has 0 saturated carbocycles. The van der Waals surface area contributed by atoms with E-state index in [1.807, 2.05) is 54.0 Å². The third-order valence-electron chi connectivity index (χ3n) is 4.67. The van der Waals surface area contributed by atoms with Crippen molar-refractivity contribution in [3.8, 4) is 0 Å². The smallest absolute Gasteiger partial charge is 0.251 e. The van der Waals surface area contributed by atoms with E-state index in [-0.39, 0.29) is 11.9 Å². The number of hydrogen-bond acceptors (Lipinski definition) is 4. The molecule has 1 atom stereocenters. The van der Waals surface area contributed by atoms with E-state index in [9.17, 15) is 4.79 Å². The highest BCUT2D eigenvalue weighted by Gasteiger charge is 2.22. The van der Waals surface area contributed by atoms with E-state index in [1.165, 1.54) is 10.5 Å². The highest BCUT2D eigenvalue weighted by molar-refractivity contribution is 7.99. The second-order valence-corrected chi connectivity index (χ2v) is 7.59. The van der Waals surface area contributed by atoms with Gasteiger partial charge in [-0.15, -0.1) is 11.8 Å². The fourth-order valence-corrected chi connectivity index (χ4v) is 4.40. The summed E-state index contributed by atoms with van der Waals surface area (Å²) in [5, 5.41) is 9.68. The van der Waals surface area contributed by atoms with Crippen LogP contribution < -0.4 is 10.3 Å². The summed E-state index contributed by atoms with van der Waals surface area (Å²) in [7, 11) is 0. The van der Waals surface area contributed by atoms with Gasteiger partial charge in [0.1, 0.15) is 0 Å². The van der Waals surface area contributed by atoms with Crippen molar-refractivity contribution in [2.75, 3.05) is 17.3 Å². The Bertz CT molecular complexity index is 816. The Morgan fingerprint density at radius 1 is 1.20 bits per heavy atom. The van der Waals surface area contributed by atoms with Crippen molar-refractivity contribution >= 4 is 29.1 Å². The number of nitrogens with one attached hydrogen (secondary N) is 1. The summed E-state index contributed by atoms with van der Waals surface area (Å²) in [5.41, 5.74) is 4.11. The van der Waals surface area contributed by atoms with Gasteiger partial charge >= 0.3 is 0 Å². The predicted octanol–water partition coefficient (Wildman–Crippen LogP) is 4.24. The molecule has 2 aliphatic rings. The molecule has 1 unspecified atom stereocenters. The third kappa shape index (κ3) is 3.42. The number of benzene rings is 2. The van der Waals surface area contributed by atoms with E-state index < -0.39 is 0 Å². The lowest BCUT2D eigenvalue weighted by atomic mass is 10.0. The highest BCUT2D eigenvalue weighted by atomic mass is 32.2. The molecule has 0 saturated heterocycles. The molecule has 2 aromatic rings. The number of anilines is 1. The first kappa shape index (κ1) is 16.2. The van der Waals surface area contributed by atoms with Gasteiger partial charge in [-0.3, -0.25) is 9.80 Å². The molecule has 2 aliphatic heterocycles. The van der Waals surface area contributed by atoms with Crippen LogP contribution in [-0.4, -0.2) is 23.9 Å². The molecular formula is C20H21N3OS. The van der Waals surface area contributed by atoms with Crippen molar-refractivity contribution in [1.82, 2.24) is 5.32 Å². The normalized spacial score (nSPS) is 19.3. The van der Waals surface area contributed by atoms with E-state index >= 15 is 0 Å². The Morgan fingerprint density at radius 3 is 2.76 bits per heavy atom. The van der Waals surface area contributed by atoms with Gasteiger partial charge in [0, 0.05) is 34.9 Å². The van der Waals surface area contributed by atoms with Crippen LogP contribution in [0.1, 0.15) is 41.7 Å². The summed E-state index contributed by atoms with van der Waals surface area (Å²) in [6, 6.07) is 16.2. The number of thioether (sulfide) groups is 1. The molecule has 0 aromatic heterocycles. The van der Waals surface area contributed by atoms with Gasteiger partial charge in [0.25, 0.3) is 5.91 Å². The molecule has 25 heavy (non-hydrogen) atoms. The zero-order chi connectivity index (χ0) is 17.2. The summed E-state index contributed by atoms with van der Waals surface area (Å²) < 4.78 is 0. The molecule has 4 nitrogen and oxygen atoms in total.